The Hall–Kier alpha value is -2.15. The minimum absolute atomic E-state index is 0.0719. The molecule has 7 heteroatoms. The lowest BCUT2D eigenvalue weighted by atomic mass is 10.1. The highest BCUT2D eigenvalue weighted by molar-refractivity contribution is 5.95. The summed E-state index contributed by atoms with van der Waals surface area (Å²) in [6.45, 7) is 1.65. The third-order valence-corrected chi connectivity index (χ3v) is 2.21. The van der Waals surface area contributed by atoms with Gasteiger partial charge in [0.1, 0.15) is 5.75 Å². The molecule has 0 saturated carbocycles. The number of nitro groups is 1. The standard InChI is InChI=1S/C11H13NO6/c1-7(13)5-6-18-9-4-2-3-8(12(16)17)10(9)11(14)15/h2-4,7,13H,5-6H2,1H3,(H,14,15). The lowest BCUT2D eigenvalue weighted by Gasteiger charge is -2.10. The number of carboxylic acid groups (broad SMARTS) is 1. The number of ether oxygens (including phenoxy) is 1. The van der Waals surface area contributed by atoms with Crippen LogP contribution in [-0.2, 0) is 0 Å². The summed E-state index contributed by atoms with van der Waals surface area (Å²) in [4.78, 5) is 20.9. The Morgan fingerprint density at radius 2 is 2.22 bits per heavy atom. The van der Waals surface area contributed by atoms with Crippen LogP contribution in [0.15, 0.2) is 18.2 Å². The zero-order chi connectivity index (χ0) is 13.7. The van der Waals surface area contributed by atoms with Crippen molar-refractivity contribution in [2.45, 2.75) is 19.4 Å². The molecule has 7 nitrogen and oxygen atoms in total. The molecular weight excluding hydrogens is 242 g/mol. The zero-order valence-corrected chi connectivity index (χ0v) is 9.70. The first-order chi connectivity index (χ1) is 8.43. The average molecular weight is 255 g/mol. The number of hydrogen-bond acceptors (Lipinski definition) is 5. The summed E-state index contributed by atoms with van der Waals surface area (Å²) in [5.74, 6) is -1.49. The highest BCUT2D eigenvalue weighted by Crippen LogP contribution is 2.28. The van der Waals surface area contributed by atoms with Gasteiger partial charge in [-0.1, -0.05) is 6.07 Å². The Morgan fingerprint density at radius 3 is 2.72 bits per heavy atom. The number of aromatic carboxylic acids is 1. The predicted molar refractivity (Wildman–Crippen MR) is 61.8 cm³/mol. The minimum atomic E-state index is -1.42. The molecule has 1 atom stereocenters. The summed E-state index contributed by atoms with van der Waals surface area (Å²) < 4.78 is 5.15. The van der Waals surface area contributed by atoms with Crippen molar-refractivity contribution in [1.29, 1.82) is 0 Å². The van der Waals surface area contributed by atoms with Crippen LogP contribution in [0, 0.1) is 10.1 Å². The van der Waals surface area contributed by atoms with E-state index in [0.29, 0.717) is 6.42 Å². The van der Waals surface area contributed by atoms with Gasteiger partial charge in [0.05, 0.1) is 17.6 Å². The highest BCUT2D eigenvalue weighted by atomic mass is 16.6. The van der Waals surface area contributed by atoms with E-state index in [1.54, 1.807) is 6.92 Å². The molecule has 98 valence electrons. The number of carboxylic acids is 1. The molecule has 0 saturated heterocycles. The maximum Gasteiger partial charge on any atom is 0.346 e. The Bertz CT molecular complexity index is 457. The van der Waals surface area contributed by atoms with Crippen molar-refractivity contribution < 1.29 is 24.7 Å². The summed E-state index contributed by atoms with van der Waals surface area (Å²) in [6.07, 6.45) is -0.279. The first kappa shape index (κ1) is 13.9. The van der Waals surface area contributed by atoms with Crippen molar-refractivity contribution in [3.63, 3.8) is 0 Å². The van der Waals surface area contributed by atoms with Crippen LogP contribution >= 0.6 is 0 Å². The number of aliphatic hydroxyl groups excluding tert-OH is 1. The van der Waals surface area contributed by atoms with Gasteiger partial charge < -0.3 is 14.9 Å². The molecule has 1 aromatic rings. The summed E-state index contributed by atoms with van der Waals surface area (Å²) in [5, 5.41) is 28.7. The molecule has 0 heterocycles. The second kappa shape index (κ2) is 5.97. The Kier molecular flexibility index (Phi) is 4.61. The molecule has 0 radical (unpaired) electrons. The van der Waals surface area contributed by atoms with Crippen LogP contribution in [0.25, 0.3) is 0 Å². The summed E-state index contributed by atoms with van der Waals surface area (Å²) in [5.41, 5.74) is -0.995. The van der Waals surface area contributed by atoms with E-state index in [4.69, 9.17) is 14.9 Å². The molecule has 0 amide bonds. The van der Waals surface area contributed by atoms with Gasteiger partial charge >= 0.3 is 5.97 Å². The smallest absolute Gasteiger partial charge is 0.346 e. The van der Waals surface area contributed by atoms with Crippen LogP contribution in [-0.4, -0.2) is 33.8 Å². The monoisotopic (exact) mass is 255 g/mol. The molecule has 0 spiro atoms. The number of benzene rings is 1. The van der Waals surface area contributed by atoms with Gasteiger partial charge in [0.2, 0.25) is 0 Å². The fourth-order valence-corrected chi connectivity index (χ4v) is 1.35. The number of nitro benzene ring substituents is 1. The Labute approximate surface area is 103 Å². The topological polar surface area (TPSA) is 110 Å². The molecular formula is C11H13NO6. The first-order valence-electron chi connectivity index (χ1n) is 5.25. The van der Waals surface area contributed by atoms with Crippen LogP contribution in [0.3, 0.4) is 0 Å². The Morgan fingerprint density at radius 1 is 1.56 bits per heavy atom. The van der Waals surface area contributed by atoms with Gasteiger partial charge in [-0.15, -0.1) is 0 Å². The van der Waals surface area contributed by atoms with Crippen molar-refractivity contribution in [3.05, 3.63) is 33.9 Å². The van der Waals surface area contributed by atoms with Crippen molar-refractivity contribution in [1.82, 2.24) is 0 Å². The van der Waals surface area contributed by atoms with Crippen molar-refractivity contribution in [3.8, 4) is 5.75 Å². The van der Waals surface area contributed by atoms with E-state index in [1.165, 1.54) is 12.1 Å². The SMILES string of the molecule is CC(O)CCOc1cccc([N+](=O)[O-])c1C(=O)O. The largest absolute Gasteiger partial charge is 0.492 e. The summed E-state index contributed by atoms with van der Waals surface area (Å²) in [6, 6.07) is 3.80. The molecule has 1 rings (SSSR count). The van der Waals surface area contributed by atoms with Crippen LogP contribution in [0.2, 0.25) is 0 Å². The Balaban J connectivity index is 3.00. The maximum atomic E-state index is 11.0. The maximum absolute atomic E-state index is 11.0. The van der Waals surface area contributed by atoms with Crippen molar-refractivity contribution in [2.75, 3.05) is 6.61 Å². The molecule has 0 aliphatic rings. The second-order valence-corrected chi connectivity index (χ2v) is 3.70. The van der Waals surface area contributed by atoms with Crippen LogP contribution in [0.1, 0.15) is 23.7 Å². The average Bonchev–Trinajstić information content (AvgIpc) is 2.27. The normalized spacial score (nSPS) is 11.9. The zero-order valence-electron chi connectivity index (χ0n) is 9.70. The first-order valence-corrected chi connectivity index (χ1v) is 5.25. The van der Waals surface area contributed by atoms with E-state index in [2.05, 4.69) is 0 Å². The van der Waals surface area contributed by atoms with Gasteiger partial charge in [-0.05, 0) is 13.0 Å². The molecule has 18 heavy (non-hydrogen) atoms. The second-order valence-electron chi connectivity index (χ2n) is 3.70. The molecule has 0 bridgehead atoms. The number of nitrogens with zero attached hydrogens (tertiary/aromatic N) is 1. The lowest BCUT2D eigenvalue weighted by Crippen LogP contribution is -2.11. The van der Waals surface area contributed by atoms with Gasteiger partial charge in [0, 0.05) is 12.5 Å². The van der Waals surface area contributed by atoms with E-state index < -0.39 is 28.2 Å². The third-order valence-electron chi connectivity index (χ3n) is 2.21. The predicted octanol–water partition coefficient (Wildman–Crippen LogP) is 1.44. The van der Waals surface area contributed by atoms with E-state index in [1.807, 2.05) is 0 Å². The van der Waals surface area contributed by atoms with Crippen LogP contribution in [0.5, 0.6) is 5.75 Å². The van der Waals surface area contributed by atoms with Gasteiger partial charge in [0.15, 0.2) is 5.56 Å². The number of hydrogen-bond donors (Lipinski definition) is 2. The van der Waals surface area contributed by atoms with Gasteiger partial charge in [-0.2, -0.15) is 0 Å². The quantitative estimate of drug-likeness (QED) is 0.588. The van der Waals surface area contributed by atoms with Crippen molar-refractivity contribution in [2.24, 2.45) is 0 Å². The molecule has 0 fully saturated rings. The summed E-state index contributed by atoms with van der Waals surface area (Å²) in [7, 11) is 0. The minimum Gasteiger partial charge on any atom is -0.492 e. The van der Waals surface area contributed by atoms with E-state index in [0.717, 1.165) is 6.07 Å². The summed E-state index contributed by atoms with van der Waals surface area (Å²) >= 11 is 0. The van der Waals surface area contributed by atoms with Crippen molar-refractivity contribution >= 4 is 11.7 Å². The highest BCUT2D eigenvalue weighted by Gasteiger charge is 2.24. The van der Waals surface area contributed by atoms with E-state index in [9.17, 15) is 14.9 Å². The molecule has 0 aliphatic heterocycles. The van der Waals surface area contributed by atoms with Crippen LogP contribution in [0.4, 0.5) is 5.69 Å². The fraction of sp³-hybridized carbons (Fsp3) is 0.364. The molecule has 2 N–H and O–H groups in total. The van der Waals surface area contributed by atoms with E-state index >= 15 is 0 Å². The molecule has 0 aromatic heterocycles. The van der Waals surface area contributed by atoms with Crippen LogP contribution < -0.4 is 4.74 Å². The van der Waals surface area contributed by atoms with E-state index in [-0.39, 0.29) is 12.4 Å². The third kappa shape index (κ3) is 3.42. The number of rotatable bonds is 6. The van der Waals surface area contributed by atoms with Gasteiger partial charge in [-0.3, -0.25) is 10.1 Å². The molecule has 0 aliphatic carbocycles. The molecule has 1 unspecified atom stereocenters. The van der Waals surface area contributed by atoms with Gasteiger partial charge in [0.25, 0.3) is 5.69 Å². The lowest BCUT2D eigenvalue weighted by molar-refractivity contribution is -0.385. The molecule has 1 aromatic carbocycles. The fourth-order valence-electron chi connectivity index (χ4n) is 1.35. The van der Waals surface area contributed by atoms with Gasteiger partial charge in [-0.25, -0.2) is 4.79 Å². The number of carbonyl (C=O) groups is 1. The number of aliphatic hydroxyl groups is 1.